The molecule has 1 aromatic heterocycles. The molecule has 0 N–H and O–H groups in total. The van der Waals surface area contributed by atoms with Gasteiger partial charge in [0.1, 0.15) is 5.69 Å². The van der Waals surface area contributed by atoms with E-state index in [-0.39, 0.29) is 16.5 Å². The summed E-state index contributed by atoms with van der Waals surface area (Å²) >= 11 is 1.44. The summed E-state index contributed by atoms with van der Waals surface area (Å²) in [6, 6.07) is 14.6. The molecule has 0 unspecified atom stereocenters. The maximum Gasteiger partial charge on any atom is 0.292 e. The number of nitro groups is 1. The normalized spacial score (nSPS) is 14.4. The van der Waals surface area contributed by atoms with Crippen LogP contribution < -0.4 is 4.90 Å². The fraction of sp³-hybridized carbons (Fsp3) is 0.300. The van der Waals surface area contributed by atoms with Crippen molar-refractivity contribution in [1.29, 1.82) is 0 Å². The van der Waals surface area contributed by atoms with Crippen LogP contribution in [0.1, 0.15) is 0 Å². The highest BCUT2D eigenvalue weighted by Gasteiger charge is 2.25. The lowest BCUT2D eigenvalue weighted by molar-refractivity contribution is -0.384. The number of thioether (sulfide) groups is 1. The topological polar surface area (TPSA) is 84.5 Å². The van der Waals surface area contributed by atoms with Crippen molar-refractivity contribution in [2.75, 3.05) is 36.8 Å². The number of benzene rings is 2. The van der Waals surface area contributed by atoms with E-state index in [1.165, 1.54) is 17.8 Å². The van der Waals surface area contributed by atoms with Crippen molar-refractivity contribution in [1.82, 2.24) is 14.5 Å². The lowest BCUT2D eigenvalue weighted by Gasteiger charge is -2.35. The number of rotatable bonds is 5. The predicted molar refractivity (Wildman–Crippen MR) is 113 cm³/mol. The molecule has 1 amide bonds. The number of carbonyl (C=O) groups excluding carboxylic acids is 1. The monoisotopic (exact) mass is 411 g/mol. The summed E-state index contributed by atoms with van der Waals surface area (Å²) in [7, 11) is 1.95. The SMILES string of the molecule is Cn1c(SCC(=O)N2CCN(c3ccccc3[N+](=O)[O-])CC2)nc2ccccc21. The van der Waals surface area contributed by atoms with Gasteiger partial charge < -0.3 is 14.4 Å². The van der Waals surface area contributed by atoms with E-state index < -0.39 is 0 Å². The number of hydrogen-bond acceptors (Lipinski definition) is 6. The van der Waals surface area contributed by atoms with Crippen LogP contribution in [-0.2, 0) is 11.8 Å². The molecule has 8 nitrogen and oxygen atoms in total. The number of amides is 1. The molecule has 1 aliphatic rings. The van der Waals surface area contributed by atoms with Crippen molar-refractivity contribution in [3.63, 3.8) is 0 Å². The van der Waals surface area contributed by atoms with Crippen molar-refractivity contribution in [2.45, 2.75) is 5.16 Å². The average Bonchev–Trinajstić information content (AvgIpc) is 3.08. The molecular formula is C20H21N5O3S. The molecule has 0 bridgehead atoms. The number of imidazole rings is 1. The Kier molecular flexibility index (Phi) is 5.39. The molecule has 4 rings (SSSR count). The first kappa shape index (κ1) is 19.3. The molecular weight excluding hydrogens is 390 g/mol. The molecule has 9 heteroatoms. The molecule has 2 heterocycles. The van der Waals surface area contributed by atoms with Gasteiger partial charge in [-0.15, -0.1) is 0 Å². The molecule has 150 valence electrons. The van der Waals surface area contributed by atoms with Crippen molar-refractivity contribution in [3.8, 4) is 0 Å². The van der Waals surface area contributed by atoms with E-state index in [0.29, 0.717) is 37.6 Å². The third kappa shape index (κ3) is 3.91. The molecule has 1 aliphatic heterocycles. The number of para-hydroxylation sites is 4. The maximum absolute atomic E-state index is 12.7. The Morgan fingerprint density at radius 3 is 2.52 bits per heavy atom. The Morgan fingerprint density at radius 2 is 1.79 bits per heavy atom. The van der Waals surface area contributed by atoms with Crippen molar-refractivity contribution >= 4 is 40.1 Å². The van der Waals surface area contributed by atoms with Gasteiger partial charge in [-0.3, -0.25) is 14.9 Å². The number of nitrogens with zero attached hydrogens (tertiary/aromatic N) is 5. The standard InChI is InChI=1S/C20H21N5O3S/c1-22-16-7-3-2-6-15(16)21-20(22)29-14-19(26)24-12-10-23(11-13-24)17-8-4-5-9-18(17)25(27)28/h2-9H,10-14H2,1H3. The summed E-state index contributed by atoms with van der Waals surface area (Å²) in [6.07, 6.45) is 0. The van der Waals surface area contributed by atoms with Crippen molar-refractivity contribution in [2.24, 2.45) is 7.05 Å². The number of hydrogen-bond donors (Lipinski definition) is 0. The Hall–Kier alpha value is -3.07. The lowest BCUT2D eigenvalue weighted by atomic mass is 10.2. The molecule has 0 aliphatic carbocycles. The molecule has 3 aromatic rings. The molecule has 1 fully saturated rings. The number of fused-ring (bicyclic) bond motifs is 1. The van der Waals surface area contributed by atoms with E-state index in [9.17, 15) is 14.9 Å². The highest BCUT2D eigenvalue weighted by molar-refractivity contribution is 7.99. The van der Waals surface area contributed by atoms with Gasteiger partial charge in [0.2, 0.25) is 5.91 Å². The fourth-order valence-corrected chi connectivity index (χ4v) is 4.44. The minimum atomic E-state index is -0.361. The van der Waals surface area contributed by atoms with Crippen molar-refractivity contribution in [3.05, 3.63) is 58.6 Å². The predicted octanol–water partition coefficient (Wildman–Crippen LogP) is 2.92. The fourth-order valence-electron chi connectivity index (χ4n) is 3.55. The van der Waals surface area contributed by atoms with E-state index in [0.717, 1.165) is 16.2 Å². The molecule has 0 atom stereocenters. The first-order chi connectivity index (χ1) is 14.0. The second kappa shape index (κ2) is 8.12. The zero-order chi connectivity index (χ0) is 20.4. The van der Waals surface area contributed by atoms with Gasteiger partial charge in [-0.25, -0.2) is 4.98 Å². The van der Waals surface area contributed by atoms with Crippen LogP contribution in [0.3, 0.4) is 0 Å². The van der Waals surface area contributed by atoms with Gasteiger partial charge in [-0.2, -0.15) is 0 Å². The molecule has 0 spiro atoms. The van der Waals surface area contributed by atoms with Gasteiger partial charge >= 0.3 is 0 Å². The summed E-state index contributed by atoms with van der Waals surface area (Å²) in [5.41, 5.74) is 2.67. The average molecular weight is 411 g/mol. The van der Waals surface area contributed by atoms with E-state index in [1.807, 2.05) is 45.7 Å². The van der Waals surface area contributed by atoms with E-state index in [2.05, 4.69) is 4.98 Å². The van der Waals surface area contributed by atoms with Crippen LogP contribution in [0, 0.1) is 10.1 Å². The van der Waals surface area contributed by atoms with E-state index in [4.69, 9.17) is 0 Å². The maximum atomic E-state index is 12.7. The van der Waals surface area contributed by atoms with Gasteiger partial charge in [0, 0.05) is 39.3 Å². The van der Waals surface area contributed by atoms with E-state index >= 15 is 0 Å². The van der Waals surface area contributed by atoms with Crippen LogP contribution in [0.5, 0.6) is 0 Å². The van der Waals surface area contributed by atoms with E-state index in [1.54, 1.807) is 18.2 Å². The molecule has 0 saturated carbocycles. The summed E-state index contributed by atoms with van der Waals surface area (Å²) in [5.74, 6) is 0.382. The van der Waals surface area contributed by atoms with Crippen molar-refractivity contribution < 1.29 is 9.72 Å². The minimum absolute atomic E-state index is 0.0595. The smallest absolute Gasteiger partial charge is 0.292 e. The Morgan fingerprint density at radius 1 is 1.10 bits per heavy atom. The Balaban J connectivity index is 1.36. The Bertz CT molecular complexity index is 1060. The van der Waals surface area contributed by atoms with Crippen LogP contribution in [0.25, 0.3) is 11.0 Å². The Labute approximate surface area is 172 Å². The number of aryl methyl sites for hydroxylation is 1. The number of anilines is 1. The first-order valence-corrected chi connectivity index (χ1v) is 10.3. The van der Waals surface area contributed by atoms with Crippen LogP contribution >= 0.6 is 11.8 Å². The summed E-state index contributed by atoms with van der Waals surface area (Å²) in [4.78, 5) is 31.9. The zero-order valence-corrected chi connectivity index (χ0v) is 16.8. The zero-order valence-electron chi connectivity index (χ0n) is 16.0. The summed E-state index contributed by atoms with van der Waals surface area (Å²) < 4.78 is 2.00. The molecule has 2 aromatic carbocycles. The number of carbonyl (C=O) groups is 1. The quantitative estimate of drug-likeness (QED) is 0.365. The summed E-state index contributed by atoms with van der Waals surface area (Å²) in [5, 5.41) is 12.1. The minimum Gasteiger partial charge on any atom is -0.362 e. The molecule has 1 saturated heterocycles. The second-order valence-corrected chi connectivity index (χ2v) is 7.79. The number of piperazine rings is 1. The second-order valence-electron chi connectivity index (χ2n) is 6.84. The highest BCUT2D eigenvalue weighted by atomic mass is 32.2. The van der Waals surface area contributed by atoms with Crippen LogP contribution in [0.15, 0.2) is 53.7 Å². The lowest BCUT2D eigenvalue weighted by Crippen LogP contribution is -2.49. The van der Waals surface area contributed by atoms with Crippen LogP contribution in [-0.4, -0.2) is 57.2 Å². The van der Waals surface area contributed by atoms with Crippen LogP contribution in [0.4, 0.5) is 11.4 Å². The first-order valence-electron chi connectivity index (χ1n) is 9.35. The molecule has 29 heavy (non-hydrogen) atoms. The summed E-state index contributed by atoms with van der Waals surface area (Å²) in [6.45, 7) is 2.25. The van der Waals surface area contributed by atoms with Gasteiger partial charge in [-0.1, -0.05) is 36.0 Å². The van der Waals surface area contributed by atoms with Gasteiger partial charge in [0.15, 0.2) is 5.16 Å². The van der Waals surface area contributed by atoms with Gasteiger partial charge in [0.05, 0.1) is 21.7 Å². The number of aromatic nitrogens is 2. The molecule has 0 radical (unpaired) electrons. The van der Waals surface area contributed by atoms with Gasteiger partial charge in [0.25, 0.3) is 5.69 Å². The largest absolute Gasteiger partial charge is 0.362 e. The third-order valence-electron chi connectivity index (χ3n) is 5.12. The van der Waals surface area contributed by atoms with Crippen LogP contribution in [0.2, 0.25) is 0 Å². The highest BCUT2D eigenvalue weighted by Crippen LogP contribution is 2.28. The van der Waals surface area contributed by atoms with Gasteiger partial charge in [-0.05, 0) is 18.2 Å². The number of nitro benzene ring substituents is 1. The third-order valence-corrected chi connectivity index (χ3v) is 6.14.